The Morgan fingerprint density at radius 1 is 1.00 bits per heavy atom. The van der Waals surface area contributed by atoms with Crippen LogP contribution in [-0.4, -0.2) is 22.9 Å². The van der Waals surface area contributed by atoms with Gasteiger partial charge in [-0.15, -0.1) is 0 Å². The van der Waals surface area contributed by atoms with Crippen LogP contribution in [-0.2, 0) is 17.8 Å². The van der Waals surface area contributed by atoms with E-state index in [1.807, 2.05) is 48.5 Å². The second kappa shape index (κ2) is 6.20. The molecule has 0 bridgehead atoms. The summed E-state index contributed by atoms with van der Waals surface area (Å²) in [6.45, 7) is 0.190. The molecule has 1 saturated heterocycles. The maximum absolute atomic E-state index is 12.4. The van der Waals surface area contributed by atoms with Gasteiger partial charge in [-0.1, -0.05) is 60.1 Å². The number of amides is 3. The maximum Gasteiger partial charge on any atom is 0.325 e. The van der Waals surface area contributed by atoms with Crippen molar-refractivity contribution in [3.63, 3.8) is 0 Å². The van der Waals surface area contributed by atoms with Crippen LogP contribution in [0.3, 0.4) is 0 Å². The van der Waals surface area contributed by atoms with Gasteiger partial charge in [-0.3, -0.25) is 9.69 Å². The van der Waals surface area contributed by atoms with E-state index in [2.05, 4.69) is 5.32 Å². The van der Waals surface area contributed by atoms with Crippen LogP contribution in [0.15, 0.2) is 54.6 Å². The van der Waals surface area contributed by atoms with E-state index in [1.54, 1.807) is 6.07 Å². The van der Waals surface area contributed by atoms with Gasteiger partial charge >= 0.3 is 6.03 Å². The molecule has 1 fully saturated rings. The lowest BCUT2D eigenvalue weighted by Gasteiger charge is -2.14. The van der Waals surface area contributed by atoms with Crippen LogP contribution in [0.4, 0.5) is 4.79 Å². The van der Waals surface area contributed by atoms with Crippen LogP contribution >= 0.6 is 11.6 Å². The molecule has 3 amide bonds. The smallest absolute Gasteiger partial charge is 0.325 e. The molecule has 3 rings (SSSR count). The van der Waals surface area contributed by atoms with Gasteiger partial charge in [-0.05, 0) is 17.2 Å². The third-order valence-electron chi connectivity index (χ3n) is 3.68. The Hall–Kier alpha value is -2.33. The van der Waals surface area contributed by atoms with Crippen molar-refractivity contribution in [1.29, 1.82) is 0 Å². The zero-order valence-electron chi connectivity index (χ0n) is 11.8. The van der Waals surface area contributed by atoms with E-state index in [1.165, 1.54) is 4.90 Å². The molecule has 1 N–H and O–H groups in total. The summed E-state index contributed by atoms with van der Waals surface area (Å²) in [4.78, 5) is 25.7. The van der Waals surface area contributed by atoms with Crippen LogP contribution in [0.5, 0.6) is 0 Å². The summed E-state index contributed by atoms with van der Waals surface area (Å²) in [5, 5.41) is 3.29. The lowest BCUT2D eigenvalue weighted by atomic mass is 10.1. The van der Waals surface area contributed by atoms with Gasteiger partial charge in [0.15, 0.2) is 0 Å². The topological polar surface area (TPSA) is 49.4 Å². The Kier molecular flexibility index (Phi) is 4.11. The fraction of sp³-hybridized carbons (Fsp3) is 0.176. The summed E-state index contributed by atoms with van der Waals surface area (Å²) in [5.41, 5.74) is 1.77. The molecule has 1 unspecified atom stereocenters. The molecule has 0 aromatic heterocycles. The van der Waals surface area contributed by atoms with Crippen molar-refractivity contribution in [3.8, 4) is 0 Å². The number of hydrogen-bond acceptors (Lipinski definition) is 2. The fourth-order valence-corrected chi connectivity index (χ4v) is 2.71. The number of halogens is 1. The van der Waals surface area contributed by atoms with Crippen molar-refractivity contribution in [2.45, 2.75) is 19.0 Å². The van der Waals surface area contributed by atoms with E-state index in [4.69, 9.17) is 11.6 Å². The number of urea groups is 1. The van der Waals surface area contributed by atoms with Gasteiger partial charge in [-0.2, -0.15) is 0 Å². The van der Waals surface area contributed by atoms with Crippen molar-refractivity contribution < 1.29 is 9.59 Å². The van der Waals surface area contributed by atoms with Crippen LogP contribution in [0.1, 0.15) is 11.1 Å². The van der Waals surface area contributed by atoms with Crippen molar-refractivity contribution in [3.05, 3.63) is 70.7 Å². The summed E-state index contributed by atoms with van der Waals surface area (Å²) in [6, 6.07) is 16.0. The zero-order valence-corrected chi connectivity index (χ0v) is 12.6. The summed E-state index contributed by atoms with van der Waals surface area (Å²) < 4.78 is 0. The highest BCUT2D eigenvalue weighted by Crippen LogP contribution is 2.20. The number of benzene rings is 2. The lowest BCUT2D eigenvalue weighted by Crippen LogP contribution is -2.32. The van der Waals surface area contributed by atoms with Crippen LogP contribution < -0.4 is 5.32 Å². The quantitative estimate of drug-likeness (QED) is 0.882. The predicted octanol–water partition coefficient (Wildman–Crippen LogP) is 3.00. The van der Waals surface area contributed by atoms with Gasteiger partial charge in [0.2, 0.25) is 0 Å². The zero-order chi connectivity index (χ0) is 15.5. The third-order valence-corrected chi connectivity index (χ3v) is 4.04. The van der Waals surface area contributed by atoms with E-state index in [9.17, 15) is 9.59 Å². The Morgan fingerprint density at radius 2 is 1.68 bits per heavy atom. The predicted molar refractivity (Wildman–Crippen MR) is 84.5 cm³/mol. The first-order chi connectivity index (χ1) is 10.6. The summed E-state index contributed by atoms with van der Waals surface area (Å²) in [6.07, 6.45) is 0.491. The van der Waals surface area contributed by atoms with Gasteiger partial charge < -0.3 is 5.32 Å². The molecule has 0 aliphatic carbocycles. The Morgan fingerprint density at radius 3 is 2.41 bits per heavy atom. The Balaban J connectivity index is 1.73. The minimum atomic E-state index is -0.516. The SMILES string of the molecule is O=C1NC(Cc2ccccc2)C(=O)N1Cc1ccccc1Cl. The number of nitrogens with zero attached hydrogens (tertiary/aromatic N) is 1. The third kappa shape index (κ3) is 2.97. The van der Waals surface area contributed by atoms with Gasteiger partial charge in [0.1, 0.15) is 6.04 Å². The second-order valence-corrected chi connectivity index (χ2v) is 5.61. The Bertz CT molecular complexity index is 703. The summed E-state index contributed by atoms with van der Waals surface area (Å²) >= 11 is 6.09. The monoisotopic (exact) mass is 314 g/mol. The molecule has 2 aromatic rings. The number of imide groups is 1. The minimum absolute atomic E-state index is 0.190. The normalized spacial score (nSPS) is 17.7. The first-order valence-corrected chi connectivity index (χ1v) is 7.42. The van der Waals surface area contributed by atoms with Gasteiger partial charge in [0, 0.05) is 11.4 Å². The lowest BCUT2D eigenvalue weighted by molar-refractivity contribution is -0.127. The first-order valence-electron chi connectivity index (χ1n) is 7.04. The van der Waals surface area contributed by atoms with Gasteiger partial charge in [-0.25, -0.2) is 4.79 Å². The van der Waals surface area contributed by atoms with Crippen LogP contribution in [0.25, 0.3) is 0 Å². The molecule has 1 heterocycles. The molecule has 112 valence electrons. The summed E-state index contributed by atoms with van der Waals surface area (Å²) in [7, 11) is 0. The molecule has 1 aliphatic rings. The standard InChI is InChI=1S/C17H15ClN2O2/c18-14-9-5-4-8-13(14)11-20-16(21)15(19-17(20)22)10-12-6-2-1-3-7-12/h1-9,15H,10-11H2,(H,19,22). The van der Waals surface area contributed by atoms with E-state index in [0.717, 1.165) is 11.1 Å². The van der Waals surface area contributed by atoms with Gasteiger partial charge in [0.25, 0.3) is 5.91 Å². The molecule has 0 radical (unpaired) electrons. The molecular formula is C17H15ClN2O2. The van der Waals surface area contributed by atoms with E-state index in [0.29, 0.717) is 11.4 Å². The number of rotatable bonds is 4. The molecule has 1 atom stereocenters. The number of carbonyl (C=O) groups excluding carboxylic acids is 2. The summed E-state index contributed by atoms with van der Waals surface area (Å²) in [5.74, 6) is -0.214. The van der Waals surface area contributed by atoms with Crippen molar-refractivity contribution in [2.24, 2.45) is 0 Å². The molecule has 4 nitrogen and oxygen atoms in total. The number of hydrogen-bond donors (Lipinski definition) is 1. The fourth-order valence-electron chi connectivity index (χ4n) is 2.51. The van der Waals surface area contributed by atoms with Crippen LogP contribution in [0, 0.1) is 0 Å². The van der Waals surface area contributed by atoms with Crippen molar-refractivity contribution >= 4 is 23.5 Å². The van der Waals surface area contributed by atoms with Gasteiger partial charge in [0.05, 0.1) is 6.54 Å². The molecular weight excluding hydrogens is 300 g/mol. The van der Waals surface area contributed by atoms with E-state index < -0.39 is 6.04 Å². The average molecular weight is 315 g/mol. The minimum Gasteiger partial charge on any atom is -0.325 e. The molecule has 0 spiro atoms. The molecule has 22 heavy (non-hydrogen) atoms. The molecule has 5 heteroatoms. The largest absolute Gasteiger partial charge is 0.325 e. The van der Waals surface area contributed by atoms with Crippen LogP contribution in [0.2, 0.25) is 5.02 Å². The molecule has 2 aromatic carbocycles. The first kappa shape index (κ1) is 14.6. The van der Waals surface area contributed by atoms with Crippen molar-refractivity contribution in [1.82, 2.24) is 10.2 Å². The maximum atomic E-state index is 12.4. The number of nitrogens with one attached hydrogen (secondary N) is 1. The van der Waals surface area contributed by atoms with Crippen molar-refractivity contribution in [2.75, 3.05) is 0 Å². The highest BCUT2D eigenvalue weighted by molar-refractivity contribution is 6.31. The average Bonchev–Trinajstić information content (AvgIpc) is 2.78. The highest BCUT2D eigenvalue weighted by Gasteiger charge is 2.37. The van der Waals surface area contributed by atoms with E-state index in [-0.39, 0.29) is 18.5 Å². The highest BCUT2D eigenvalue weighted by atomic mass is 35.5. The second-order valence-electron chi connectivity index (χ2n) is 5.21. The van der Waals surface area contributed by atoms with E-state index >= 15 is 0 Å². The molecule has 0 saturated carbocycles. The molecule has 1 aliphatic heterocycles. The number of carbonyl (C=O) groups is 2. The Labute approximate surface area is 133 Å².